The van der Waals surface area contributed by atoms with Gasteiger partial charge in [0.15, 0.2) is 0 Å². The van der Waals surface area contributed by atoms with Gasteiger partial charge < -0.3 is 10.2 Å². The zero-order valence-corrected chi connectivity index (χ0v) is 30.1. The van der Waals surface area contributed by atoms with Crippen LogP contribution in [0.4, 0.5) is 0 Å². The van der Waals surface area contributed by atoms with Crippen LogP contribution in [0.5, 0.6) is 0 Å². The molecule has 8 atom stereocenters. The van der Waals surface area contributed by atoms with Gasteiger partial charge in [-0.15, -0.1) is 0 Å². The molecule has 0 radical (unpaired) electrons. The minimum Gasteiger partial charge on any atom is -0.396 e. The minimum absolute atomic E-state index is 0. The highest BCUT2D eigenvalue weighted by atomic mass is 16.7. The molecule has 0 unspecified atom stereocenters. The van der Waals surface area contributed by atoms with Crippen molar-refractivity contribution in [3.63, 3.8) is 0 Å². The Labute approximate surface area is 332 Å². The molecule has 0 heterocycles. The Balaban J connectivity index is -0.0000000442. The van der Waals surface area contributed by atoms with Crippen molar-refractivity contribution in [2.24, 2.45) is 40.9 Å². The van der Waals surface area contributed by atoms with Crippen LogP contribution in [0.3, 0.4) is 0 Å². The average molecular weight is 707 g/mol. The maximum Gasteiger partial charge on any atom is 0.0577 e. The molecule has 0 spiro atoms. The van der Waals surface area contributed by atoms with Gasteiger partial charge in [0.2, 0.25) is 0 Å². The van der Waals surface area contributed by atoms with E-state index in [0.717, 1.165) is 54.8 Å². The lowest BCUT2D eigenvalue weighted by Gasteiger charge is -2.54. The molecule has 0 saturated heterocycles. The normalized spacial score (nSPS) is 25.2. The molecular formula is C47H78O4. The molecule has 4 nitrogen and oxygen atoms in total. The second-order valence-corrected chi connectivity index (χ2v) is 13.1. The minimum atomic E-state index is -0.0730. The standard InChI is InChI=1S/C24H6.C23H38O2.O2.17H2/c1-3-5-7-9-11-13-15-17-19-21-23-24-22-20-18-16-14-12-10-8-6-4-2;1-15(4-3-13-24)21-9-10-22-20-7-5-16-14-17(25)6-8-18(16)19(20)11-12-23(21,22)2;1-2;;;;;;;;;;;;;;;;;/h1-2H3;5,15,17-22,24-25H,3-4,6-14H2,1-2H3;;17*1H/t;15-,17+,18+,19-,20-,21-,22+,23-;;;;;;;;;;;;;;;;;;/m.1................../s1. The van der Waals surface area contributed by atoms with Gasteiger partial charge >= 0.3 is 0 Å². The van der Waals surface area contributed by atoms with Crippen LogP contribution in [0.1, 0.15) is 116 Å². The molecule has 0 aliphatic heterocycles. The van der Waals surface area contributed by atoms with Gasteiger partial charge in [0.05, 0.1) is 6.10 Å². The third-order valence-electron chi connectivity index (χ3n) is 10.4. The SMILES string of the molecule is CC#CC#CC#CC#CC#CC#CC#CC#CC#CC#CC#CC.C[C@H](CCCO)[C@H]1CC[C@H]2[C@@H]3CC=C4C[C@@H](O)CC[C@@H]4[C@H]3CC[C@]12C.O=O.[HH].[HH].[HH].[HH].[HH].[HH].[HH].[HH].[HH].[HH].[HH].[HH].[HH].[HH].[HH].[HH].[HH]. The number of hydrogen-bond donors (Lipinski definition) is 2. The Bertz CT molecular complexity index is 1920. The number of hydrogen-bond acceptors (Lipinski definition) is 4. The zero-order valence-electron chi connectivity index (χ0n) is 30.1. The van der Waals surface area contributed by atoms with E-state index in [1.807, 2.05) is 0 Å². The number of allylic oxidation sites excluding steroid dienone is 1. The van der Waals surface area contributed by atoms with Crippen LogP contribution < -0.4 is 0 Å². The van der Waals surface area contributed by atoms with Crippen LogP contribution >= 0.6 is 0 Å². The average Bonchev–Trinajstić information content (AvgIpc) is 3.51. The van der Waals surface area contributed by atoms with E-state index in [0.29, 0.717) is 12.0 Å². The van der Waals surface area contributed by atoms with E-state index in [4.69, 9.17) is 9.93 Å². The molecular weight excluding hydrogens is 629 g/mol. The first-order valence-electron chi connectivity index (χ1n) is 17.4. The van der Waals surface area contributed by atoms with E-state index < -0.39 is 0 Å². The lowest BCUT2D eigenvalue weighted by Crippen LogP contribution is -2.47. The Morgan fingerprint density at radius 1 is 0.706 bits per heavy atom. The summed E-state index contributed by atoms with van der Waals surface area (Å²) < 4.78 is 0. The quantitative estimate of drug-likeness (QED) is 0.225. The molecule has 0 aromatic heterocycles. The Hall–Kier alpha value is -5.58. The van der Waals surface area contributed by atoms with E-state index in [9.17, 15) is 10.2 Å². The van der Waals surface area contributed by atoms with Crippen LogP contribution in [0.2, 0.25) is 0 Å². The maximum atomic E-state index is 10.0. The molecule has 0 aromatic carbocycles. The second kappa shape index (κ2) is 24.5. The predicted octanol–water partition coefficient (Wildman–Crippen LogP) is 10.3. The topological polar surface area (TPSA) is 74.6 Å². The summed E-state index contributed by atoms with van der Waals surface area (Å²) in [6.45, 7) is 8.81. The fourth-order valence-electron chi connectivity index (χ4n) is 8.53. The third-order valence-corrected chi connectivity index (χ3v) is 10.4. The fraction of sp³-hybridized carbons (Fsp3) is 0.489. The summed E-state index contributed by atoms with van der Waals surface area (Å²) in [5.74, 6) is 60.7. The number of rotatable bonds is 4. The van der Waals surface area contributed by atoms with Crippen molar-refractivity contribution in [1.82, 2.24) is 0 Å². The highest BCUT2D eigenvalue weighted by Gasteiger charge is 2.56. The van der Waals surface area contributed by atoms with Crippen molar-refractivity contribution in [2.45, 2.75) is 98.0 Å². The van der Waals surface area contributed by atoms with E-state index in [-0.39, 0.29) is 30.4 Å². The Morgan fingerprint density at radius 3 is 1.63 bits per heavy atom. The molecule has 290 valence electrons. The largest absolute Gasteiger partial charge is 0.396 e. The molecule has 0 bridgehead atoms. The lowest BCUT2D eigenvalue weighted by molar-refractivity contribution is -0.0296. The highest BCUT2D eigenvalue weighted by molar-refractivity contribution is 5.47. The zero-order chi connectivity index (χ0) is 37.2. The van der Waals surface area contributed by atoms with Gasteiger partial charge in [-0.25, -0.2) is 0 Å². The van der Waals surface area contributed by atoms with E-state index in [1.54, 1.807) is 19.4 Å². The molecule has 51 heavy (non-hydrogen) atoms. The summed E-state index contributed by atoms with van der Waals surface area (Å²) in [6.07, 6.45) is 14.8. The van der Waals surface area contributed by atoms with Crippen LogP contribution in [-0.4, -0.2) is 22.9 Å². The van der Waals surface area contributed by atoms with Gasteiger partial charge in [-0.3, -0.25) is 0 Å². The van der Waals surface area contributed by atoms with Gasteiger partial charge in [0.1, 0.15) is 0 Å². The van der Waals surface area contributed by atoms with Crippen LogP contribution in [0.25, 0.3) is 0 Å². The molecule has 0 aromatic rings. The van der Waals surface area contributed by atoms with Crippen molar-refractivity contribution in [3.05, 3.63) is 21.6 Å². The monoisotopic (exact) mass is 707 g/mol. The summed E-state index contributed by atoms with van der Waals surface area (Å²) in [6, 6.07) is 0. The molecule has 4 rings (SSSR count). The number of aliphatic hydroxyl groups excluding tert-OH is 2. The summed E-state index contributed by atoms with van der Waals surface area (Å²) >= 11 is 0. The molecule has 4 aliphatic rings. The van der Waals surface area contributed by atoms with Gasteiger partial charge in [-0.05, 0) is 214 Å². The van der Waals surface area contributed by atoms with Crippen LogP contribution in [-0.2, 0) is 0 Å². The number of fused-ring (bicyclic) bond motifs is 5. The van der Waals surface area contributed by atoms with Crippen molar-refractivity contribution in [2.75, 3.05) is 6.61 Å². The van der Waals surface area contributed by atoms with Crippen LogP contribution in [0, 0.1) is 181 Å². The predicted molar refractivity (Wildman–Crippen MR) is 242 cm³/mol. The highest BCUT2D eigenvalue weighted by Crippen LogP contribution is 2.64. The first-order chi connectivity index (χ1) is 25.0. The van der Waals surface area contributed by atoms with E-state index in [1.165, 1.54) is 44.9 Å². The molecule has 0 amide bonds. The van der Waals surface area contributed by atoms with Gasteiger partial charge in [-0.1, -0.05) is 37.3 Å². The molecule has 4 heteroatoms. The van der Waals surface area contributed by atoms with Gasteiger partial charge in [-0.2, -0.15) is 0 Å². The summed E-state index contributed by atoms with van der Waals surface area (Å²) in [5.41, 5.74) is 2.14. The summed E-state index contributed by atoms with van der Waals surface area (Å²) in [7, 11) is 0. The van der Waals surface area contributed by atoms with Gasteiger partial charge in [0, 0.05) is 64.5 Å². The first kappa shape index (κ1) is 41.6. The summed E-state index contributed by atoms with van der Waals surface area (Å²) in [4.78, 5) is 14.0. The van der Waals surface area contributed by atoms with Crippen molar-refractivity contribution in [3.8, 4) is 130 Å². The van der Waals surface area contributed by atoms with Crippen molar-refractivity contribution < 1.29 is 34.5 Å². The first-order valence-corrected chi connectivity index (χ1v) is 17.4. The third kappa shape index (κ3) is 13.7. The summed E-state index contributed by atoms with van der Waals surface area (Å²) in [5, 5.41) is 19.3. The smallest absolute Gasteiger partial charge is 0.0577 e. The van der Waals surface area contributed by atoms with Crippen molar-refractivity contribution in [1.29, 1.82) is 0 Å². The lowest BCUT2D eigenvalue weighted by atomic mass is 9.51. The Kier molecular flexibility index (Phi) is 20.0. The van der Waals surface area contributed by atoms with Crippen molar-refractivity contribution >= 4 is 0 Å². The van der Waals surface area contributed by atoms with E-state index >= 15 is 0 Å². The molecule has 3 fully saturated rings. The van der Waals surface area contributed by atoms with Crippen LogP contribution in [0.15, 0.2) is 11.6 Å². The van der Waals surface area contributed by atoms with E-state index in [2.05, 4.69) is 150 Å². The molecule has 2 N–H and O–H groups in total. The fourth-order valence-corrected chi connectivity index (χ4v) is 8.53. The molecule has 4 aliphatic carbocycles. The maximum absolute atomic E-state index is 10.0. The molecule has 3 saturated carbocycles. The van der Waals surface area contributed by atoms with Gasteiger partial charge in [0.25, 0.3) is 0 Å². The number of aliphatic hydroxyl groups is 2. The second-order valence-electron chi connectivity index (χ2n) is 13.1. The Morgan fingerprint density at radius 2 is 1.18 bits per heavy atom.